The van der Waals surface area contributed by atoms with Crippen molar-refractivity contribution in [2.75, 3.05) is 7.11 Å². The molecule has 0 fully saturated rings. The summed E-state index contributed by atoms with van der Waals surface area (Å²) in [5, 5.41) is 10.3. The van der Waals surface area contributed by atoms with Crippen LogP contribution in [0.4, 0.5) is 0 Å². The molecule has 2 aromatic rings. The molecule has 0 saturated carbocycles. The molecule has 0 aliphatic carbocycles. The van der Waals surface area contributed by atoms with E-state index in [1.807, 2.05) is 26.0 Å². The Kier molecular flexibility index (Phi) is 3.10. The summed E-state index contributed by atoms with van der Waals surface area (Å²) in [4.78, 5) is 0. The van der Waals surface area contributed by atoms with Gasteiger partial charge in [-0.2, -0.15) is 15.4 Å². The second kappa shape index (κ2) is 4.55. The number of nitrogens with two attached hydrogens (primary N) is 1. The fourth-order valence-electron chi connectivity index (χ4n) is 1.85. The molecule has 0 aliphatic heterocycles. The molecular weight excluding hydrogens is 216 g/mol. The van der Waals surface area contributed by atoms with Crippen LogP contribution in [0.5, 0.6) is 5.75 Å². The first-order valence-electron chi connectivity index (χ1n) is 5.40. The number of aromatic nitrogens is 3. The molecule has 0 spiro atoms. The lowest BCUT2D eigenvalue weighted by Gasteiger charge is -2.17. The van der Waals surface area contributed by atoms with Gasteiger partial charge in [-0.1, -0.05) is 12.1 Å². The molecule has 0 saturated heterocycles. The van der Waals surface area contributed by atoms with Crippen LogP contribution in [0.1, 0.15) is 28.4 Å². The molecule has 5 nitrogen and oxygen atoms in total. The zero-order valence-corrected chi connectivity index (χ0v) is 10.2. The fourth-order valence-corrected chi connectivity index (χ4v) is 1.85. The number of benzene rings is 1. The zero-order chi connectivity index (χ0) is 12.4. The van der Waals surface area contributed by atoms with Crippen LogP contribution in [-0.2, 0) is 0 Å². The van der Waals surface area contributed by atoms with Crippen molar-refractivity contribution in [3.8, 4) is 5.75 Å². The Bertz CT molecular complexity index is 507. The van der Waals surface area contributed by atoms with Gasteiger partial charge >= 0.3 is 0 Å². The second-order valence-electron chi connectivity index (χ2n) is 4.00. The summed E-state index contributed by atoms with van der Waals surface area (Å²) in [5.74, 6) is 0.820. The number of hydrogen-bond acceptors (Lipinski definition) is 4. The average Bonchev–Trinajstić information content (AvgIpc) is 2.85. The second-order valence-corrected chi connectivity index (χ2v) is 4.00. The third-order valence-electron chi connectivity index (χ3n) is 3.00. The molecule has 0 amide bonds. The first-order valence-corrected chi connectivity index (χ1v) is 5.40. The van der Waals surface area contributed by atoms with Gasteiger partial charge in [-0.05, 0) is 25.0 Å². The van der Waals surface area contributed by atoms with Crippen molar-refractivity contribution in [1.29, 1.82) is 0 Å². The van der Waals surface area contributed by atoms with E-state index in [0.29, 0.717) is 5.69 Å². The van der Waals surface area contributed by atoms with Crippen molar-refractivity contribution >= 4 is 0 Å². The van der Waals surface area contributed by atoms with Crippen molar-refractivity contribution in [1.82, 2.24) is 15.4 Å². The number of nitrogens with zero attached hydrogens (tertiary/aromatic N) is 2. The normalized spacial score (nSPS) is 12.5. The fraction of sp³-hybridized carbons (Fsp3) is 0.333. The van der Waals surface area contributed by atoms with Crippen LogP contribution >= 0.6 is 0 Å². The molecule has 1 heterocycles. The standard InChI is InChI=1S/C12H16N4O/c1-7-4-5-9(12(17-3)8(7)2)11(13)10-6-14-16-15-10/h4-6,11H,13H2,1-3H3,(H,14,15,16). The zero-order valence-electron chi connectivity index (χ0n) is 10.2. The number of H-pyrrole nitrogens is 1. The molecule has 1 aromatic heterocycles. The van der Waals surface area contributed by atoms with Crippen LogP contribution in [0.25, 0.3) is 0 Å². The Morgan fingerprint density at radius 2 is 2.12 bits per heavy atom. The summed E-state index contributed by atoms with van der Waals surface area (Å²) >= 11 is 0. The summed E-state index contributed by atoms with van der Waals surface area (Å²) in [6.07, 6.45) is 1.62. The largest absolute Gasteiger partial charge is 0.496 e. The van der Waals surface area contributed by atoms with Crippen LogP contribution in [0.3, 0.4) is 0 Å². The first kappa shape index (κ1) is 11.6. The summed E-state index contributed by atoms with van der Waals surface area (Å²) in [7, 11) is 1.65. The highest BCUT2D eigenvalue weighted by Crippen LogP contribution is 2.31. The highest BCUT2D eigenvalue weighted by Gasteiger charge is 2.18. The van der Waals surface area contributed by atoms with Crippen molar-refractivity contribution in [3.63, 3.8) is 0 Å². The number of ether oxygens (including phenoxy) is 1. The van der Waals surface area contributed by atoms with Crippen molar-refractivity contribution in [3.05, 3.63) is 40.7 Å². The molecular formula is C12H16N4O. The van der Waals surface area contributed by atoms with Crippen LogP contribution < -0.4 is 10.5 Å². The Balaban J connectivity index is 2.49. The summed E-state index contributed by atoms with van der Waals surface area (Å²) < 4.78 is 5.44. The maximum atomic E-state index is 6.15. The topological polar surface area (TPSA) is 76.8 Å². The molecule has 0 aliphatic rings. The van der Waals surface area contributed by atoms with Gasteiger partial charge in [-0.3, -0.25) is 0 Å². The third-order valence-corrected chi connectivity index (χ3v) is 3.00. The van der Waals surface area contributed by atoms with Gasteiger partial charge in [0.05, 0.1) is 19.3 Å². The molecule has 1 unspecified atom stereocenters. The van der Waals surface area contributed by atoms with Crippen molar-refractivity contribution in [2.24, 2.45) is 5.73 Å². The molecule has 2 rings (SSSR count). The number of nitrogens with one attached hydrogen (secondary N) is 1. The minimum Gasteiger partial charge on any atom is -0.496 e. The van der Waals surface area contributed by atoms with E-state index in [-0.39, 0.29) is 6.04 Å². The number of hydrogen-bond donors (Lipinski definition) is 2. The smallest absolute Gasteiger partial charge is 0.127 e. The van der Waals surface area contributed by atoms with Gasteiger partial charge in [0.1, 0.15) is 11.4 Å². The minimum atomic E-state index is -0.331. The molecule has 5 heteroatoms. The van der Waals surface area contributed by atoms with E-state index >= 15 is 0 Å². The highest BCUT2D eigenvalue weighted by molar-refractivity contribution is 5.48. The molecule has 17 heavy (non-hydrogen) atoms. The van der Waals surface area contributed by atoms with Gasteiger partial charge in [0.2, 0.25) is 0 Å². The molecule has 90 valence electrons. The SMILES string of the molecule is COc1c(C(N)c2cn[nH]n2)ccc(C)c1C. The number of methoxy groups -OCH3 is 1. The van der Waals surface area contributed by atoms with Crippen LogP contribution in [0, 0.1) is 13.8 Å². The maximum absolute atomic E-state index is 6.15. The highest BCUT2D eigenvalue weighted by atomic mass is 16.5. The number of aryl methyl sites for hydroxylation is 1. The maximum Gasteiger partial charge on any atom is 0.127 e. The molecule has 1 aromatic carbocycles. The average molecular weight is 232 g/mol. The third kappa shape index (κ3) is 2.01. The van der Waals surface area contributed by atoms with E-state index in [9.17, 15) is 0 Å². The predicted octanol–water partition coefficient (Wildman–Crippen LogP) is 1.48. The van der Waals surface area contributed by atoms with E-state index in [4.69, 9.17) is 10.5 Å². The Morgan fingerprint density at radius 3 is 2.71 bits per heavy atom. The Labute approximate surface area is 100.0 Å². The Hall–Kier alpha value is -1.88. The predicted molar refractivity (Wildman–Crippen MR) is 64.9 cm³/mol. The van der Waals surface area contributed by atoms with Gasteiger partial charge in [-0.25, -0.2) is 0 Å². The molecule has 0 radical (unpaired) electrons. The minimum absolute atomic E-state index is 0.331. The van der Waals surface area contributed by atoms with Gasteiger partial charge in [0.15, 0.2) is 0 Å². The van der Waals surface area contributed by atoms with Crippen LogP contribution in [-0.4, -0.2) is 22.5 Å². The van der Waals surface area contributed by atoms with Gasteiger partial charge in [0, 0.05) is 5.56 Å². The van der Waals surface area contributed by atoms with E-state index in [0.717, 1.165) is 16.9 Å². The van der Waals surface area contributed by atoms with Crippen molar-refractivity contribution in [2.45, 2.75) is 19.9 Å². The first-order chi connectivity index (χ1) is 8.15. The summed E-state index contributed by atoms with van der Waals surface area (Å²) in [6.45, 7) is 4.07. The number of aromatic amines is 1. The molecule has 3 N–H and O–H groups in total. The lowest BCUT2D eigenvalue weighted by Crippen LogP contribution is -2.14. The Morgan fingerprint density at radius 1 is 1.35 bits per heavy atom. The van der Waals surface area contributed by atoms with Crippen LogP contribution in [0.15, 0.2) is 18.3 Å². The summed E-state index contributed by atoms with van der Waals surface area (Å²) in [5.41, 5.74) is 10.1. The van der Waals surface area contributed by atoms with Crippen molar-refractivity contribution < 1.29 is 4.74 Å². The van der Waals surface area contributed by atoms with Gasteiger partial charge in [-0.15, -0.1) is 0 Å². The quantitative estimate of drug-likeness (QED) is 0.840. The number of rotatable bonds is 3. The summed E-state index contributed by atoms with van der Waals surface area (Å²) in [6, 6.07) is 3.68. The van der Waals surface area contributed by atoms with Gasteiger partial charge in [0.25, 0.3) is 0 Å². The lowest BCUT2D eigenvalue weighted by atomic mass is 9.98. The van der Waals surface area contributed by atoms with E-state index < -0.39 is 0 Å². The van der Waals surface area contributed by atoms with Gasteiger partial charge < -0.3 is 10.5 Å². The van der Waals surface area contributed by atoms with E-state index in [1.54, 1.807) is 13.3 Å². The molecule has 1 atom stereocenters. The lowest BCUT2D eigenvalue weighted by molar-refractivity contribution is 0.404. The van der Waals surface area contributed by atoms with E-state index in [2.05, 4.69) is 15.4 Å². The van der Waals surface area contributed by atoms with E-state index in [1.165, 1.54) is 5.56 Å². The molecule has 0 bridgehead atoms. The monoisotopic (exact) mass is 232 g/mol. The van der Waals surface area contributed by atoms with Crippen LogP contribution in [0.2, 0.25) is 0 Å².